The number of anilines is 1. The van der Waals surface area contributed by atoms with Crippen LogP contribution in [0.2, 0.25) is 0 Å². The summed E-state index contributed by atoms with van der Waals surface area (Å²) in [6.45, 7) is 4.58. The predicted octanol–water partition coefficient (Wildman–Crippen LogP) is 3.47. The largest absolute Gasteiger partial charge is 0.392 e. The molecule has 10 heteroatoms. The smallest absolute Gasteiger partial charge is 0.274 e. The summed E-state index contributed by atoms with van der Waals surface area (Å²) in [5, 5.41) is 28.2. The fourth-order valence-electron chi connectivity index (χ4n) is 3.59. The van der Waals surface area contributed by atoms with E-state index >= 15 is 0 Å². The maximum absolute atomic E-state index is 13.3. The quantitative estimate of drug-likeness (QED) is 0.232. The van der Waals surface area contributed by atoms with Crippen LogP contribution in [0.5, 0.6) is 0 Å². The van der Waals surface area contributed by atoms with Gasteiger partial charge in [-0.3, -0.25) is 14.5 Å². The number of benzene rings is 2. The van der Waals surface area contributed by atoms with Crippen LogP contribution in [0.25, 0.3) is 0 Å². The van der Waals surface area contributed by atoms with E-state index < -0.39 is 23.9 Å². The van der Waals surface area contributed by atoms with Gasteiger partial charge in [-0.25, -0.2) is 9.82 Å². The summed E-state index contributed by atoms with van der Waals surface area (Å²) in [7, 11) is 0. The third-order valence-corrected chi connectivity index (χ3v) is 5.84. The van der Waals surface area contributed by atoms with Gasteiger partial charge in [-0.15, -0.1) is 11.3 Å². The van der Waals surface area contributed by atoms with Crippen molar-refractivity contribution in [3.05, 3.63) is 88.0 Å². The predicted molar refractivity (Wildman–Crippen MR) is 139 cm³/mol. The fraction of sp³-hybridized carbons (Fsp3) is 0.269. The lowest BCUT2D eigenvalue weighted by atomic mass is 10.1. The van der Waals surface area contributed by atoms with E-state index in [1.807, 2.05) is 11.0 Å². The number of nitrogens with zero attached hydrogens (tertiary/aromatic N) is 2. The first kappa shape index (κ1) is 27.2. The molecule has 36 heavy (non-hydrogen) atoms. The summed E-state index contributed by atoms with van der Waals surface area (Å²) < 4.78 is 13.3. The van der Waals surface area contributed by atoms with Crippen molar-refractivity contribution >= 4 is 34.4 Å². The van der Waals surface area contributed by atoms with Crippen molar-refractivity contribution in [1.29, 1.82) is 0 Å². The van der Waals surface area contributed by atoms with Crippen molar-refractivity contribution < 1.29 is 24.2 Å². The highest BCUT2D eigenvalue weighted by Gasteiger charge is 2.17. The van der Waals surface area contributed by atoms with Crippen LogP contribution < -0.4 is 10.7 Å². The number of nitrogens with one attached hydrogen (secondary N) is 2. The molecule has 0 aliphatic rings. The first-order chi connectivity index (χ1) is 17.2. The first-order valence-corrected chi connectivity index (χ1v) is 12.2. The van der Waals surface area contributed by atoms with Gasteiger partial charge in [0.15, 0.2) is 0 Å². The Hall–Kier alpha value is -3.44. The SMILES string of the molecule is CC(O)CN(Cc1cccc(C(=O)Nc2sccc2C(=O)NN=Cc2cccc(F)c2)c1)CC(C)O. The summed E-state index contributed by atoms with van der Waals surface area (Å²) in [6, 6.07) is 14.4. The topological polar surface area (TPSA) is 114 Å². The average molecular weight is 513 g/mol. The molecule has 0 radical (unpaired) electrons. The third-order valence-electron chi connectivity index (χ3n) is 5.01. The minimum Gasteiger partial charge on any atom is -0.392 e. The van der Waals surface area contributed by atoms with Crippen molar-refractivity contribution in [3.63, 3.8) is 0 Å². The summed E-state index contributed by atoms with van der Waals surface area (Å²) >= 11 is 1.20. The number of hydrogen-bond acceptors (Lipinski definition) is 7. The number of carbonyl (C=O) groups excluding carboxylic acids is 2. The molecular weight excluding hydrogens is 483 g/mol. The Morgan fingerprint density at radius 1 is 1.06 bits per heavy atom. The van der Waals surface area contributed by atoms with Crippen LogP contribution in [0.3, 0.4) is 0 Å². The summed E-state index contributed by atoms with van der Waals surface area (Å²) in [4.78, 5) is 27.4. The van der Waals surface area contributed by atoms with Gasteiger partial charge in [0, 0.05) is 25.2 Å². The van der Waals surface area contributed by atoms with Crippen molar-refractivity contribution in [1.82, 2.24) is 10.3 Å². The van der Waals surface area contributed by atoms with Crippen LogP contribution in [-0.4, -0.2) is 58.4 Å². The van der Waals surface area contributed by atoms with Crippen molar-refractivity contribution in [2.24, 2.45) is 5.10 Å². The normalized spacial score (nSPS) is 13.1. The van der Waals surface area contributed by atoms with Crippen molar-refractivity contribution in [2.45, 2.75) is 32.6 Å². The highest BCUT2D eigenvalue weighted by molar-refractivity contribution is 7.14. The number of hydrazone groups is 1. The lowest BCUT2D eigenvalue weighted by Crippen LogP contribution is -2.35. The van der Waals surface area contributed by atoms with E-state index in [1.165, 1.54) is 35.8 Å². The van der Waals surface area contributed by atoms with E-state index in [0.717, 1.165) is 5.56 Å². The highest BCUT2D eigenvalue weighted by Crippen LogP contribution is 2.24. The van der Waals surface area contributed by atoms with E-state index in [-0.39, 0.29) is 11.5 Å². The molecule has 8 nitrogen and oxygen atoms in total. The van der Waals surface area contributed by atoms with E-state index in [2.05, 4.69) is 15.8 Å². The Morgan fingerprint density at radius 2 is 1.78 bits per heavy atom. The highest BCUT2D eigenvalue weighted by atomic mass is 32.1. The zero-order valence-electron chi connectivity index (χ0n) is 20.0. The number of aliphatic hydroxyl groups excluding tert-OH is 2. The van der Waals surface area contributed by atoms with E-state index in [0.29, 0.717) is 35.8 Å². The van der Waals surface area contributed by atoms with Crippen LogP contribution in [0.4, 0.5) is 9.39 Å². The average Bonchev–Trinajstić information content (AvgIpc) is 3.26. The Kier molecular flexibility index (Phi) is 9.83. The summed E-state index contributed by atoms with van der Waals surface area (Å²) in [5.74, 6) is -1.30. The lowest BCUT2D eigenvalue weighted by molar-refractivity contribution is 0.0793. The second-order valence-electron chi connectivity index (χ2n) is 8.46. The molecule has 0 saturated carbocycles. The van der Waals surface area contributed by atoms with Gasteiger partial charge in [0.2, 0.25) is 0 Å². The number of rotatable bonds is 11. The van der Waals surface area contributed by atoms with Gasteiger partial charge in [-0.05, 0) is 60.7 Å². The standard InChI is InChI=1S/C26H29FN4O4S/c1-17(32)14-31(15-18(2)33)16-20-6-3-7-21(11-20)24(34)29-26-23(9-10-36-26)25(35)30-28-13-19-5-4-8-22(27)12-19/h3-13,17-18,32-33H,14-16H2,1-2H3,(H,29,34)(H,30,35). The molecular formula is C26H29FN4O4S. The van der Waals surface area contributed by atoms with Crippen LogP contribution in [0.1, 0.15) is 45.7 Å². The van der Waals surface area contributed by atoms with Crippen LogP contribution in [0, 0.1) is 5.82 Å². The van der Waals surface area contributed by atoms with Gasteiger partial charge in [-0.2, -0.15) is 5.10 Å². The Bertz CT molecular complexity index is 1200. The molecule has 2 unspecified atom stereocenters. The molecule has 1 heterocycles. The van der Waals surface area contributed by atoms with Gasteiger partial charge in [0.25, 0.3) is 11.8 Å². The number of thiophene rings is 1. The number of halogens is 1. The first-order valence-electron chi connectivity index (χ1n) is 11.4. The number of carbonyl (C=O) groups is 2. The lowest BCUT2D eigenvalue weighted by Gasteiger charge is -2.25. The second kappa shape index (κ2) is 13.0. The molecule has 3 rings (SSSR count). The zero-order chi connectivity index (χ0) is 26.1. The molecule has 0 bridgehead atoms. The van der Waals surface area contributed by atoms with Crippen LogP contribution >= 0.6 is 11.3 Å². The van der Waals surface area contributed by atoms with E-state index in [4.69, 9.17) is 0 Å². The maximum Gasteiger partial charge on any atom is 0.274 e. The maximum atomic E-state index is 13.3. The van der Waals surface area contributed by atoms with Gasteiger partial charge >= 0.3 is 0 Å². The monoisotopic (exact) mass is 512 g/mol. The van der Waals surface area contributed by atoms with Gasteiger partial charge in [-0.1, -0.05) is 24.3 Å². The minimum absolute atomic E-state index is 0.251. The molecule has 0 spiro atoms. The van der Waals surface area contributed by atoms with E-state index in [9.17, 15) is 24.2 Å². The van der Waals surface area contributed by atoms with Gasteiger partial charge in [0.1, 0.15) is 10.8 Å². The molecule has 0 aliphatic heterocycles. The van der Waals surface area contributed by atoms with Crippen LogP contribution in [-0.2, 0) is 6.54 Å². The Labute approximate surface area is 213 Å². The van der Waals surface area contributed by atoms with Gasteiger partial charge < -0.3 is 15.5 Å². The van der Waals surface area contributed by atoms with Crippen molar-refractivity contribution in [2.75, 3.05) is 18.4 Å². The Balaban J connectivity index is 1.65. The molecule has 0 saturated heterocycles. The Morgan fingerprint density at radius 3 is 2.47 bits per heavy atom. The molecule has 4 N–H and O–H groups in total. The van der Waals surface area contributed by atoms with E-state index in [1.54, 1.807) is 49.6 Å². The molecule has 2 aromatic carbocycles. The molecule has 3 aromatic rings. The molecule has 2 atom stereocenters. The molecule has 2 amide bonds. The van der Waals surface area contributed by atoms with Crippen LogP contribution in [0.15, 0.2) is 65.1 Å². The van der Waals surface area contributed by atoms with Gasteiger partial charge in [0.05, 0.1) is 24.0 Å². The summed E-state index contributed by atoms with van der Waals surface area (Å²) in [5.41, 5.74) is 4.39. The van der Waals surface area contributed by atoms with Crippen molar-refractivity contribution in [3.8, 4) is 0 Å². The fourth-order valence-corrected chi connectivity index (χ4v) is 4.37. The number of aliphatic hydroxyl groups is 2. The second-order valence-corrected chi connectivity index (χ2v) is 9.38. The number of hydrogen-bond donors (Lipinski definition) is 4. The molecule has 0 aliphatic carbocycles. The third kappa shape index (κ3) is 8.35. The summed E-state index contributed by atoms with van der Waals surface area (Å²) in [6.07, 6.45) is 0.212. The molecule has 190 valence electrons. The minimum atomic E-state index is -0.558. The molecule has 0 fully saturated rings. The zero-order valence-corrected chi connectivity index (χ0v) is 20.8. The number of amides is 2. The molecule has 1 aromatic heterocycles.